The molecule has 3 aromatic carbocycles. The van der Waals surface area contributed by atoms with Crippen molar-refractivity contribution in [2.75, 3.05) is 10.8 Å². The van der Waals surface area contributed by atoms with Crippen molar-refractivity contribution in [2.45, 2.75) is 64.6 Å². The second kappa shape index (κ2) is 13.5. The first-order valence-corrected chi connectivity index (χ1v) is 15.2. The number of nitrogens with zero attached hydrogens (tertiary/aromatic N) is 2. The number of halogens is 2. The van der Waals surface area contributed by atoms with Crippen molar-refractivity contribution in [3.63, 3.8) is 0 Å². The fraction of sp³-hybridized carbons (Fsp3) is 0.333. The molecule has 3 aromatic rings. The van der Waals surface area contributed by atoms with Crippen LogP contribution in [0.2, 0.25) is 10.0 Å². The molecule has 3 rings (SSSR count). The Hall–Kier alpha value is -3.07. The average Bonchev–Trinajstić information content (AvgIpc) is 2.88. The van der Waals surface area contributed by atoms with Crippen LogP contribution in [0, 0.1) is 13.8 Å². The number of rotatable bonds is 11. The quantitative estimate of drug-likeness (QED) is 0.285. The molecule has 0 saturated heterocycles. The second-order valence-corrected chi connectivity index (χ2v) is 12.7. The van der Waals surface area contributed by atoms with E-state index in [0.29, 0.717) is 27.7 Å². The first-order chi connectivity index (χ1) is 18.8. The first kappa shape index (κ1) is 31.5. The number of hydrogen-bond donors (Lipinski definition) is 1. The van der Waals surface area contributed by atoms with Crippen LogP contribution in [0.5, 0.6) is 0 Å². The highest BCUT2D eigenvalue weighted by molar-refractivity contribution is 7.92. The first-order valence-electron chi connectivity index (χ1n) is 13.0. The Labute approximate surface area is 247 Å². The summed E-state index contributed by atoms with van der Waals surface area (Å²) in [5.74, 6) is -0.881. The fourth-order valence-corrected chi connectivity index (χ4v) is 6.16. The van der Waals surface area contributed by atoms with Gasteiger partial charge in [-0.3, -0.25) is 13.9 Å². The van der Waals surface area contributed by atoms with Gasteiger partial charge in [-0.15, -0.1) is 0 Å². The third-order valence-corrected chi connectivity index (χ3v) is 8.73. The number of benzene rings is 3. The number of carbonyl (C=O) groups is 2. The minimum absolute atomic E-state index is 0.00884. The number of aryl methyl sites for hydroxylation is 2. The molecule has 0 aromatic heterocycles. The minimum atomic E-state index is -4.13. The van der Waals surface area contributed by atoms with Gasteiger partial charge in [0.1, 0.15) is 12.6 Å². The number of carbonyl (C=O) groups excluding carboxylic acids is 2. The van der Waals surface area contributed by atoms with Gasteiger partial charge < -0.3 is 10.2 Å². The maximum Gasteiger partial charge on any atom is 0.264 e. The lowest BCUT2D eigenvalue weighted by atomic mass is 10.1. The molecule has 10 heteroatoms. The Morgan fingerprint density at radius 1 is 0.925 bits per heavy atom. The minimum Gasteiger partial charge on any atom is -0.352 e. The van der Waals surface area contributed by atoms with Gasteiger partial charge in [-0.05, 0) is 81.6 Å². The Morgan fingerprint density at radius 3 is 2.17 bits per heavy atom. The number of nitrogens with one attached hydrogen (secondary N) is 1. The summed E-state index contributed by atoms with van der Waals surface area (Å²) in [6.07, 6.45) is 0.310. The lowest BCUT2D eigenvalue weighted by Crippen LogP contribution is -2.53. The van der Waals surface area contributed by atoms with Crippen LogP contribution in [0.15, 0.2) is 71.6 Å². The molecule has 1 N–H and O–H groups in total. The molecular weight excluding hydrogens is 569 g/mol. The zero-order valence-corrected chi connectivity index (χ0v) is 25.6. The maximum atomic E-state index is 14.1. The zero-order valence-electron chi connectivity index (χ0n) is 23.3. The normalized spacial score (nSPS) is 12.2. The van der Waals surface area contributed by atoms with Gasteiger partial charge in [-0.1, -0.05) is 66.0 Å². The van der Waals surface area contributed by atoms with Crippen molar-refractivity contribution in [3.8, 4) is 0 Å². The van der Waals surface area contributed by atoms with Crippen LogP contribution in [-0.2, 0) is 26.2 Å². The standard InChI is InChI=1S/C30H35Cl2N3O4S/c1-6-28(30(37)33-20(2)3)34(18-23-12-13-24(31)17-27(23)32)29(36)19-35(25-9-7-8-22(5)16-25)40(38,39)26-14-10-21(4)11-15-26/h7-17,20,28H,6,18-19H2,1-5H3,(H,33,37). The van der Waals surface area contributed by atoms with Gasteiger partial charge in [0.15, 0.2) is 0 Å². The summed E-state index contributed by atoms with van der Waals surface area (Å²) in [6.45, 7) is 8.66. The predicted octanol–water partition coefficient (Wildman–Crippen LogP) is 6.14. The van der Waals surface area contributed by atoms with E-state index in [0.717, 1.165) is 15.4 Å². The molecule has 1 unspecified atom stereocenters. The number of sulfonamides is 1. The van der Waals surface area contributed by atoms with E-state index in [9.17, 15) is 18.0 Å². The van der Waals surface area contributed by atoms with Crippen molar-refractivity contribution in [1.82, 2.24) is 10.2 Å². The second-order valence-electron chi connectivity index (χ2n) is 10.0. The lowest BCUT2D eigenvalue weighted by Gasteiger charge is -2.33. The van der Waals surface area contributed by atoms with Crippen LogP contribution in [0.3, 0.4) is 0 Å². The van der Waals surface area contributed by atoms with Gasteiger partial charge in [-0.2, -0.15) is 0 Å². The van der Waals surface area contributed by atoms with Crippen LogP contribution >= 0.6 is 23.2 Å². The highest BCUT2D eigenvalue weighted by Gasteiger charge is 2.34. The third-order valence-electron chi connectivity index (χ3n) is 6.35. The molecular formula is C30H35Cl2N3O4S. The van der Waals surface area contributed by atoms with Gasteiger partial charge in [0, 0.05) is 22.6 Å². The monoisotopic (exact) mass is 603 g/mol. The van der Waals surface area contributed by atoms with Crippen molar-refractivity contribution in [3.05, 3.63) is 93.5 Å². The Kier molecular flexibility index (Phi) is 10.6. The summed E-state index contributed by atoms with van der Waals surface area (Å²) < 4.78 is 28.9. The van der Waals surface area contributed by atoms with Crippen LogP contribution in [0.4, 0.5) is 5.69 Å². The van der Waals surface area contributed by atoms with Gasteiger partial charge in [-0.25, -0.2) is 8.42 Å². The van der Waals surface area contributed by atoms with Crippen molar-refractivity contribution in [1.29, 1.82) is 0 Å². The molecule has 1 atom stereocenters. The molecule has 0 aliphatic heterocycles. The molecule has 0 saturated carbocycles. The molecule has 0 radical (unpaired) electrons. The maximum absolute atomic E-state index is 14.1. The van der Waals surface area contributed by atoms with Crippen molar-refractivity contribution >= 4 is 50.7 Å². The summed E-state index contributed by atoms with van der Waals surface area (Å²) in [5.41, 5.74) is 2.67. The molecule has 0 fully saturated rings. The molecule has 2 amide bonds. The van der Waals surface area contributed by atoms with Crippen LogP contribution < -0.4 is 9.62 Å². The molecule has 40 heavy (non-hydrogen) atoms. The average molecular weight is 605 g/mol. The van der Waals surface area contributed by atoms with E-state index in [1.54, 1.807) is 55.5 Å². The largest absolute Gasteiger partial charge is 0.352 e. The van der Waals surface area contributed by atoms with E-state index in [4.69, 9.17) is 23.2 Å². The lowest BCUT2D eigenvalue weighted by molar-refractivity contribution is -0.140. The van der Waals surface area contributed by atoms with E-state index in [1.165, 1.54) is 17.0 Å². The number of anilines is 1. The number of hydrogen-bond acceptors (Lipinski definition) is 4. The molecule has 0 bridgehead atoms. The summed E-state index contributed by atoms with van der Waals surface area (Å²) in [6, 6.07) is 17.3. The molecule has 0 heterocycles. The molecule has 0 spiro atoms. The molecule has 0 aliphatic carbocycles. The molecule has 214 valence electrons. The van der Waals surface area contributed by atoms with E-state index >= 15 is 0 Å². The van der Waals surface area contributed by atoms with Crippen LogP contribution in [-0.4, -0.2) is 43.8 Å². The molecule has 7 nitrogen and oxygen atoms in total. The van der Waals surface area contributed by atoms with Gasteiger partial charge in [0.05, 0.1) is 10.6 Å². The fourth-order valence-electron chi connectivity index (χ4n) is 4.28. The summed E-state index contributed by atoms with van der Waals surface area (Å²) in [7, 11) is -4.13. The Bertz CT molecular complexity index is 1460. The van der Waals surface area contributed by atoms with E-state index < -0.39 is 28.5 Å². The summed E-state index contributed by atoms with van der Waals surface area (Å²) >= 11 is 12.5. The van der Waals surface area contributed by atoms with Gasteiger partial charge >= 0.3 is 0 Å². The summed E-state index contributed by atoms with van der Waals surface area (Å²) in [5, 5.41) is 3.65. The highest BCUT2D eigenvalue weighted by atomic mass is 35.5. The molecule has 0 aliphatic rings. The Balaban J connectivity index is 2.09. The topological polar surface area (TPSA) is 86.8 Å². The zero-order chi connectivity index (χ0) is 29.6. The summed E-state index contributed by atoms with van der Waals surface area (Å²) in [4.78, 5) is 28.8. The SMILES string of the molecule is CCC(C(=O)NC(C)C)N(Cc1ccc(Cl)cc1Cl)C(=O)CN(c1cccc(C)c1)S(=O)(=O)c1ccc(C)cc1. The van der Waals surface area contributed by atoms with Crippen LogP contribution in [0.25, 0.3) is 0 Å². The van der Waals surface area contributed by atoms with E-state index in [-0.39, 0.29) is 23.4 Å². The van der Waals surface area contributed by atoms with Crippen LogP contribution in [0.1, 0.15) is 43.9 Å². The predicted molar refractivity (Wildman–Crippen MR) is 161 cm³/mol. The van der Waals surface area contributed by atoms with E-state index in [1.807, 2.05) is 33.8 Å². The highest BCUT2D eigenvalue weighted by Crippen LogP contribution is 2.27. The van der Waals surface area contributed by atoms with Crippen molar-refractivity contribution < 1.29 is 18.0 Å². The van der Waals surface area contributed by atoms with Gasteiger partial charge in [0.2, 0.25) is 11.8 Å². The third kappa shape index (κ3) is 7.77. The van der Waals surface area contributed by atoms with Crippen molar-refractivity contribution in [2.24, 2.45) is 0 Å². The number of amides is 2. The van der Waals surface area contributed by atoms with Gasteiger partial charge in [0.25, 0.3) is 10.0 Å². The van der Waals surface area contributed by atoms with E-state index in [2.05, 4.69) is 5.32 Å². The smallest absolute Gasteiger partial charge is 0.264 e. The Morgan fingerprint density at radius 2 is 1.60 bits per heavy atom.